The van der Waals surface area contributed by atoms with Crippen molar-refractivity contribution in [3.63, 3.8) is 0 Å². The van der Waals surface area contributed by atoms with Crippen LogP contribution in [-0.4, -0.2) is 43.2 Å². The van der Waals surface area contributed by atoms with Gasteiger partial charge in [-0.1, -0.05) is 6.92 Å². The third-order valence-corrected chi connectivity index (χ3v) is 5.92. The number of likely N-dealkylation sites (N-methyl/N-ethyl adjacent to an activating group) is 1. The van der Waals surface area contributed by atoms with Gasteiger partial charge in [-0.15, -0.1) is 11.3 Å². The van der Waals surface area contributed by atoms with Crippen molar-refractivity contribution in [1.29, 1.82) is 0 Å². The summed E-state index contributed by atoms with van der Waals surface area (Å²) in [5, 5.41) is 9.63. The summed E-state index contributed by atoms with van der Waals surface area (Å²) in [4.78, 5) is 5.01. The van der Waals surface area contributed by atoms with Crippen molar-refractivity contribution >= 4 is 21.4 Å². The fraction of sp³-hybridized carbons (Fsp3) is 0.500. The van der Waals surface area contributed by atoms with E-state index < -0.39 is 10.0 Å². The molecule has 0 aliphatic carbocycles. The zero-order chi connectivity index (χ0) is 15.1. The Morgan fingerprint density at radius 1 is 1.29 bits per heavy atom. The van der Waals surface area contributed by atoms with Crippen LogP contribution < -0.4 is 10.0 Å². The number of nitrogens with one attached hydrogen (secondary N) is 3. The predicted molar refractivity (Wildman–Crippen MR) is 81.8 cm³/mol. The van der Waals surface area contributed by atoms with E-state index in [1.54, 1.807) is 6.07 Å². The summed E-state index contributed by atoms with van der Waals surface area (Å²) < 4.78 is 27.2. The molecule has 3 N–H and O–H groups in total. The Kier molecular flexibility index (Phi) is 5.85. The molecule has 7 nitrogen and oxygen atoms in total. The number of aromatic amines is 1. The van der Waals surface area contributed by atoms with Crippen LogP contribution in [0.15, 0.2) is 22.7 Å². The number of thiophene rings is 1. The highest BCUT2D eigenvalue weighted by molar-refractivity contribution is 7.91. The van der Waals surface area contributed by atoms with Crippen molar-refractivity contribution in [2.45, 2.75) is 24.0 Å². The molecular weight excluding hydrogens is 310 g/mol. The van der Waals surface area contributed by atoms with Gasteiger partial charge < -0.3 is 5.32 Å². The lowest BCUT2D eigenvalue weighted by atomic mass is 10.3. The molecule has 0 spiro atoms. The highest BCUT2D eigenvalue weighted by Crippen LogP contribution is 2.21. The quantitative estimate of drug-likeness (QED) is 0.583. The van der Waals surface area contributed by atoms with Crippen LogP contribution in [0.2, 0.25) is 0 Å². The van der Waals surface area contributed by atoms with Crippen molar-refractivity contribution in [2.75, 3.05) is 19.6 Å². The molecule has 0 saturated heterocycles. The fourth-order valence-corrected chi connectivity index (χ4v) is 4.18. The maximum Gasteiger partial charge on any atom is 0.250 e. The largest absolute Gasteiger partial charge is 0.317 e. The summed E-state index contributed by atoms with van der Waals surface area (Å²) in [6.07, 6.45) is 2.73. The molecule has 21 heavy (non-hydrogen) atoms. The normalized spacial score (nSPS) is 11.9. The second kappa shape index (κ2) is 7.64. The molecule has 0 atom stereocenters. The van der Waals surface area contributed by atoms with E-state index in [1.165, 1.54) is 17.7 Å². The molecule has 116 valence electrons. The maximum atomic E-state index is 12.1. The van der Waals surface area contributed by atoms with Gasteiger partial charge in [0, 0.05) is 17.8 Å². The number of rotatable bonds is 9. The molecule has 0 fully saturated rings. The van der Waals surface area contributed by atoms with Gasteiger partial charge in [0.2, 0.25) is 10.0 Å². The van der Waals surface area contributed by atoms with Crippen LogP contribution in [0.25, 0.3) is 0 Å². The van der Waals surface area contributed by atoms with E-state index in [2.05, 4.69) is 25.2 Å². The average Bonchev–Trinajstić information content (AvgIpc) is 3.10. The molecule has 2 aromatic rings. The van der Waals surface area contributed by atoms with Crippen molar-refractivity contribution in [3.8, 4) is 0 Å². The van der Waals surface area contributed by atoms with Gasteiger partial charge in [-0.25, -0.2) is 18.1 Å². The highest BCUT2D eigenvalue weighted by Gasteiger charge is 2.16. The molecule has 0 aliphatic heterocycles. The molecular formula is C12H19N5O2S2. The Morgan fingerprint density at radius 2 is 2.14 bits per heavy atom. The third kappa shape index (κ3) is 4.88. The van der Waals surface area contributed by atoms with Crippen molar-refractivity contribution in [1.82, 2.24) is 25.2 Å². The Balaban J connectivity index is 1.86. The third-order valence-electron chi connectivity index (χ3n) is 2.82. The molecule has 0 bridgehead atoms. The van der Waals surface area contributed by atoms with Crippen LogP contribution in [0.4, 0.5) is 0 Å². The first-order chi connectivity index (χ1) is 10.1. The second-order valence-corrected chi connectivity index (χ2v) is 7.57. The molecule has 2 rings (SSSR count). The number of H-pyrrole nitrogens is 1. The molecule has 0 amide bonds. The van der Waals surface area contributed by atoms with Gasteiger partial charge in [0.15, 0.2) is 0 Å². The van der Waals surface area contributed by atoms with E-state index >= 15 is 0 Å². The first-order valence-electron chi connectivity index (χ1n) is 6.75. The number of hydrogen-bond donors (Lipinski definition) is 3. The van der Waals surface area contributed by atoms with Gasteiger partial charge >= 0.3 is 0 Å². The Morgan fingerprint density at radius 3 is 2.86 bits per heavy atom. The summed E-state index contributed by atoms with van der Waals surface area (Å²) in [5.74, 6) is 0.662. The lowest BCUT2D eigenvalue weighted by Gasteiger charge is -2.03. The van der Waals surface area contributed by atoms with Gasteiger partial charge in [0.25, 0.3) is 0 Å². The van der Waals surface area contributed by atoms with Gasteiger partial charge in [0.1, 0.15) is 16.4 Å². The van der Waals surface area contributed by atoms with Crippen LogP contribution in [0.5, 0.6) is 0 Å². The van der Waals surface area contributed by atoms with E-state index in [4.69, 9.17) is 0 Å². The SMILES string of the molecule is CCNCCc1ccc(S(=O)(=O)NCCc2ncn[nH]2)s1. The van der Waals surface area contributed by atoms with Crippen LogP contribution in [-0.2, 0) is 22.9 Å². The first-order valence-corrected chi connectivity index (χ1v) is 9.05. The van der Waals surface area contributed by atoms with Crippen LogP contribution in [0.1, 0.15) is 17.6 Å². The summed E-state index contributed by atoms with van der Waals surface area (Å²) >= 11 is 1.31. The predicted octanol–water partition coefficient (Wildman–Crippen LogP) is 0.539. The smallest absolute Gasteiger partial charge is 0.250 e. The van der Waals surface area contributed by atoms with E-state index in [0.29, 0.717) is 23.0 Å². The Bertz CT molecular complexity index is 636. The van der Waals surface area contributed by atoms with Crippen LogP contribution in [0.3, 0.4) is 0 Å². The van der Waals surface area contributed by atoms with Gasteiger partial charge in [-0.3, -0.25) is 5.10 Å². The maximum absolute atomic E-state index is 12.1. The minimum atomic E-state index is -3.44. The van der Waals surface area contributed by atoms with E-state index in [-0.39, 0.29) is 0 Å². The standard InChI is InChI=1S/C12H19N5O2S2/c1-2-13-7-5-10-3-4-12(20-10)21(18,19)16-8-6-11-14-9-15-17-11/h3-4,9,13,16H,2,5-8H2,1H3,(H,14,15,17). The summed E-state index contributed by atoms with van der Waals surface area (Å²) in [6.45, 7) is 4.11. The minimum absolute atomic E-state index is 0.294. The average molecular weight is 329 g/mol. The van der Waals surface area contributed by atoms with Crippen molar-refractivity contribution in [2.24, 2.45) is 0 Å². The molecule has 9 heteroatoms. The summed E-state index contributed by atoms with van der Waals surface area (Å²) in [7, 11) is -3.44. The highest BCUT2D eigenvalue weighted by atomic mass is 32.2. The van der Waals surface area contributed by atoms with E-state index in [1.807, 2.05) is 13.0 Å². The second-order valence-electron chi connectivity index (χ2n) is 4.40. The fourth-order valence-electron chi connectivity index (χ4n) is 1.75. The first kappa shape index (κ1) is 16.1. The number of hydrogen-bond acceptors (Lipinski definition) is 6. The number of aromatic nitrogens is 3. The minimum Gasteiger partial charge on any atom is -0.317 e. The van der Waals surface area contributed by atoms with E-state index in [0.717, 1.165) is 24.4 Å². The summed E-state index contributed by atoms with van der Waals surface area (Å²) in [6, 6.07) is 3.52. The summed E-state index contributed by atoms with van der Waals surface area (Å²) in [5.41, 5.74) is 0. The Labute approximate surface area is 128 Å². The molecule has 0 aliphatic rings. The topological polar surface area (TPSA) is 99.8 Å². The van der Waals surface area contributed by atoms with Gasteiger partial charge in [-0.05, 0) is 31.6 Å². The lowest BCUT2D eigenvalue weighted by Crippen LogP contribution is -2.25. The molecule has 2 heterocycles. The zero-order valence-electron chi connectivity index (χ0n) is 11.8. The molecule has 0 saturated carbocycles. The van der Waals surface area contributed by atoms with Crippen molar-refractivity contribution < 1.29 is 8.42 Å². The monoisotopic (exact) mass is 329 g/mol. The molecule has 2 aromatic heterocycles. The van der Waals surface area contributed by atoms with Gasteiger partial charge in [-0.2, -0.15) is 5.10 Å². The molecule has 0 aromatic carbocycles. The van der Waals surface area contributed by atoms with Crippen LogP contribution in [0, 0.1) is 0 Å². The zero-order valence-corrected chi connectivity index (χ0v) is 13.4. The Hall–Kier alpha value is -1.29. The van der Waals surface area contributed by atoms with Gasteiger partial charge in [0.05, 0.1) is 0 Å². The molecule has 0 radical (unpaired) electrons. The van der Waals surface area contributed by atoms with Crippen molar-refractivity contribution in [3.05, 3.63) is 29.2 Å². The van der Waals surface area contributed by atoms with Crippen LogP contribution >= 0.6 is 11.3 Å². The number of sulfonamides is 1. The molecule has 0 unspecified atom stereocenters. The lowest BCUT2D eigenvalue weighted by molar-refractivity contribution is 0.583. The van der Waals surface area contributed by atoms with E-state index in [9.17, 15) is 8.42 Å². The number of nitrogens with zero attached hydrogens (tertiary/aromatic N) is 2.